The first-order valence-corrected chi connectivity index (χ1v) is 5.59. The van der Waals surface area contributed by atoms with Crippen LogP contribution in [0.15, 0.2) is 23.5 Å². The van der Waals surface area contributed by atoms with Crippen molar-refractivity contribution in [3.8, 4) is 5.88 Å². The van der Waals surface area contributed by atoms with Crippen LogP contribution >= 0.6 is 0 Å². The van der Waals surface area contributed by atoms with Crippen LogP contribution < -0.4 is 9.72 Å². The van der Waals surface area contributed by atoms with Crippen molar-refractivity contribution in [2.45, 2.75) is 12.8 Å². The summed E-state index contributed by atoms with van der Waals surface area (Å²) in [6, 6.07) is 3.36. The van der Waals surface area contributed by atoms with E-state index in [0.29, 0.717) is 18.2 Å². The van der Waals surface area contributed by atoms with Crippen molar-refractivity contribution in [2.24, 2.45) is 5.18 Å². The lowest BCUT2D eigenvalue weighted by Gasteiger charge is -2.13. The molecule has 1 aromatic rings. The van der Waals surface area contributed by atoms with Gasteiger partial charge in [0.25, 0.3) is 0 Å². The molecule has 1 saturated heterocycles. The van der Waals surface area contributed by atoms with Crippen LogP contribution in [0.4, 0.5) is 5.69 Å². The average Bonchev–Trinajstić information content (AvgIpc) is 2.83. The van der Waals surface area contributed by atoms with Crippen LogP contribution in [0.2, 0.25) is 0 Å². The third-order valence-electron chi connectivity index (χ3n) is 2.75. The Labute approximate surface area is 94.4 Å². The van der Waals surface area contributed by atoms with E-state index in [1.807, 2.05) is 0 Å². The third kappa shape index (κ3) is 2.76. The Kier molecular flexibility index (Phi) is 3.82. The number of likely N-dealkylation sites (tertiary alicyclic amines) is 1. The molecule has 5 heteroatoms. The minimum atomic E-state index is 0.323. The number of nitroso groups, excluding NO2 is 1. The Morgan fingerprint density at radius 3 is 3.00 bits per heavy atom. The van der Waals surface area contributed by atoms with Gasteiger partial charge in [-0.05, 0) is 37.2 Å². The van der Waals surface area contributed by atoms with E-state index in [2.05, 4.69) is 15.1 Å². The zero-order chi connectivity index (χ0) is 11.2. The van der Waals surface area contributed by atoms with Gasteiger partial charge in [0.15, 0.2) is 6.20 Å². The van der Waals surface area contributed by atoms with Gasteiger partial charge in [-0.1, -0.05) is 0 Å². The van der Waals surface area contributed by atoms with Crippen molar-refractivity contribution in [3.63, 3.8) is 0 Å². The van der Waals surface area contributed by atoms with Crippen molar-refractivity contribution < 1.29 is 9.72 Å². The number of hydrogen-bond acceptors (Lipinski definition) is 4. The zero-order valence-electron chi connectivity index (χ0n) is 9.19. The molecule has 1 fully saturated rings. The van der Waals surface area contributed by atoms with E-state index in [-0.39, 0.29) is 0 Å². The summed E-state index contributed by atoms with van der Waals surface area (Å²) < 4.78 is 5.50. The molecule has 1 aliphatic heterocycles. The van der Waals surface area contributed by atoms with Crippen molar-refractivity contribution >= 4 is 5.69 Å². The molecule has 0 saturated carbocycles. The molecule has 5 nitrogen and oxygen atoms in total. The normalized spacial score (nSPS) is 16.2. The van der Waals surface area contributed by atoms with Crippen molar-refractivity contribution in [2.75, 3.05) is 26.2 Å². The largest absolute Gasteiger partial charge is 0.441 e. The first-order valence-electron chi connectivity index (χ1n) is 5.59. The highest BCUT2D eigenvalue weighted by Crippen LogP contribution is 2.20. The summed E-state index contributed by atoms with van der Waals surface area (Å²) in [6.07, 6.45) is 4.27. The van der Waals surface area contributed by atoms with Crippen LogP contribution in [-0.4, -0.2) is 31.1 Å². The number of H-pyrrole nitrogens is 1. The quantitative estimate of drug-likeness (QED) is 0.707. The van der Waals surface area contributed by atoms with Gasteiger partial charge in [0.05, 0.1) is 0 Å². The third-order valence-corrected chi connectivity index (χ3v) is 2.75. The van der Waals surface area contributed by atoms with Crippen LogP contribution in [-0.2, 0) is 0 Å². The summed E-state index contributed by atoms with van der Waals surface area (Å²) in [6.45, 7) is 3.80. The number of aromatic nitrogens is 1. The highest BCUT2D eigenvalue weighted by atomic mass is 16.5. The number of pyridine rings is 1. The average molecular weight is 222 g/mol. The summed E-state index contributed by atoms with van der Waals surface area (Å²) in [5.74, 6) is 0.455. The molecule has 2 heterocycles. The Balaban J connectivity index is 1.82. The maximum atomic E-state index is 10.5. The lowest BCUT2D eigenvalue weighted by atomic mass is 10.4. The van der Waals surface area contributed by atoms with Gasteiger partial charge in [-0.3, -0.25) is 4.90 Å². The van der Waals surface area contributed by atoms with Gasteiger partial charge in [-0.15, -0.1) is 4.91 Å². The van der Waals surface area contributed by atoms with E-state index in [9.17, 15) is 4.91 Å². The molecule has 0 aromatic carbocycles. The van der Waals surface area contributed by atoms with Gasteiger partial charge in [-0.25, -0.2) is 0 Å². The molecule has 16 heavy (non-hydrogen) atoms. The summed E-state index contributed by atoms with van der Waals surface area (Å²) in [5.41, 5.74) is 0.323. The minimum Gasteiger partial charge on any atom is -0.441 e. The van der Waals surface area contributed by atoms with E-state index >= 15 is 0 Å². The monoisotopic (exact) mass is 222 g/mol. The molecular formula is C11H16N3O2+. The summed E-state index contributed by atoms with van der Waals surface area (Å²) in [4.78, 5) is 15.7. The number of nitrogens with one attached hydrogen (secondary N) is 1. The molecule has 0 bridgehead atoms. The number of hydrogen-bond donors (Lipinski definition) is 0. The fraction of sp³-hybridized carbons (Fsp3) is 0.545. The summed E-state index contributed by atoms with van der Waals surface area (Å²) >= 11 is 0. The van der Waals surface area contributed by atoms with Crippen molar-refractivity contribution in [1.82, 2.24) is 4.90 Å². The first-order chi connectivity index (χ1) is 7.90. The maximum Gasteiger partial charge on any atom is 0.396 e. The molecule has 0 atom stereocenters. The van der Waals surface area contributed by atoms with Crippen LogP contribution in [0, 0.1) is 4.91 Å². The molecule has 0 spiro atoms. The van der Waals surface area contributed by atoms with Gasteiger partial charge in [-0.2, -0.15) is 4.98 Å². The highest BCUT2D eigenvalue weighted by Gasteiger charge is 2.14. The van der Waals surface area contributed by atoms with E-state index in [1.54, 1.807) is 18.3 Å². The summed E-state index contributed by atoms with van der Waals surface area (Å²) in [7, 11) is 0. The second-order valence-corrected chi connectivity index (χ2v) is 3.87. The molecule has 2 rings (SSSR count). The molecule has 1 N–H and O–H groups in total. The van der Waals surface area contributed by atoms with Crippen molar-refractivity contribution in [3.05, 3.63) is 23.2 Å². The minimum absolute atomic E-state index is 0.323. The molecule has 1 aromatic heterocycles. The Morgan fingerprint density at radius 1 is 1.44 bits per heavy atom. The lowest BCUT2D eigenvalue weighted by Crippen LogP contribution is -2.26. The number of aromatic amines is 1. The van der Waals surface area contributed by atoms with Crippen LogP contribution in [0.25, 0.3) is 0 Å². The van der Waals surface area contributed by atoms with Gasteiger partial charge < -0.3 is 4.74 Å². The molecular weight excluding hydrogens is 206 g/mol. The number of ether oxygens (including phenoxy) is 1. The number of rotatable bonds is 5. The molecule has 86 valence electrons. The van der Waals surface area contributed by atoms with Crippen LogP contribution in [0.5, 0.6) is 5.88 Å². The van der Waals surface area contributed by atoms with E-state index in [0.717, 1.165) is 19.6 Å². The van der Waals surface area contributed by atoms with Crippen molar-refractivity contribution in [1.29, 1.82) is 0 Å². The first kappa shape index (κ1) is 11.0. The summed E-state index contributed by atoms with van der Waals surface area (Å²) in [5, 5.41) is 2.90. The molecule has 0 amide bonds. The van der Waals surface area contributed by atoms with Crippen LogP contribution in [0.3, 0.4) is 0 Å². The lowest BCUT2D eigenvalue weighted by molar-refractivity contribution is -0.393. The fourth-order valence-corrected chi connectivity index (χ4v) is 1.88. The Bertz CT molecular complexity index is 351. The fourth-order valence-electron chi connectivity index (χ4n) is 1.88. The molecule has 0 radical (unpaired) electrons. The Hall–Kier alpha value is -1.49. The molecule has 0 unspecified atom stereocenters. The standard InChI is InChI=1S/C11H15N3O2/c15-13-10-4-3-5-12-11(10)16-9-8-14-6-1-2-7-14/h3-5H,1-2,6-9H2/p+1. The van der Waals surface area contributed by atoms with E-state index in [1.165, 1.54) is 12.8 Å². The highest BCUT2D eigenvalue weighted by molar-refractivity contribution is 5.42. The van der Waals surface area contributed by atoms with E-state index in [4.69, 9.17) is 4.74 Å². The van der Waals surface area contributed by atoms with E-state index < -0.39 is 0 Å². The second-order valence-electron chi connectivity index (χ2n) is 3.87. The topological polar surface area (TPSA) is 56.0 Å². The van der Waals surface area contributed by atoms with Gasteiger partial charge in [0.2, 0.25) is 5.69 Å². The smallest absolute Gasteiger partial charge is 0.396 e. The number of nitrogens with zero attached hydrogens (tertiary/aromatic N) is 2. The Morgan fingerprint density at radius 2 is 2.25 bits per heavy atom. The SMILES string of the molecule is O=Nc1ccc[nH+]c1OCCN1CCCC1. The second kappa shape index (κ2) is 5.55. The molecule has 0 aliphatic carbocycles. The predicted molar refractivity (Wildman–Crippen MR) is 59.6 cm³/mol. The van der Waals surface area contributed by atoms with Crippen LogP contribution in [0.1, 0.15) is 12.8 Å². The maximum absolute atomic E-state index is 10.5. The van der Waals surface area contributed by atoms with Gasteiger partial charge in [0, 0.05) is 12.6 Å². The predicted octanol–water partition coefficient (Wildman–Crippen LogP) is 1.37. The van der Waals surface area contributed by atoms with Gasteiger partial charge >= 0.3 is 5.88 Å². The molecule has 1 aliphatic rings. The van der Waals surface area contributed by atoms with Gasteiger partial charge in [0.1, 0.15) is 6.61 Å². The zero-order valence-corrected chi connectivity index (χ0v) is 9.19.